The number of aryl methyl sites for hydroxylation is 1. The van der Waals surface area contributed by atoms with E-state index in [0.717, 1.165) is 47.4 Å². The minimum Gasteiger partial charge on any atom is -0.494 e. The van der Waals surface area contributed by atoms with Gasteiger partial charge in [0.05, 0.1) is 17.6 Å². The Hall–Kier alpha value is -2.92. The molecule has 0 aliphatic carbocycles. The van der Waals surface area contributed by atoms with E-state index >= 15 is 0 Å². The fraction of sp³-hybridized carbons (Fsp3) is 0.304. The number of nitrogens with zero attached hydrogens (tertiary/aromatic N) is 2. The number of fused-ring (bicyclic) bond motifs is 1. The summed E-state index contributed by atoms with van der Waals surface area (Å²) >= 11 is 0. The second kappa shape index (κ2) is 8.40. The predicted molar refractivity (Wildman–Crippen MR) is 112 cm³/mol. The zero-order chi connectivity index (χ0) is 19.3. The van der Waals surface area contributed by atoms with Gasteiger partial charge in [0, 0.05) is 30.9 Å². The molecule has 5 nitrogen and oxygen atoms in total. The molecule has 5 heteroatoms. The number of nitrogens with one attached hydrogen (secondary N) is 1. The highest BCUT2D eigenvalue weighted by atomic mass is 16.5. The van der Waals surface area contributed by atoms with Crippen LogP contribution in [0.5, 0.6) is 5.75 Å². The minimum atomic E-state index is 0.0904. The maximum Gasteiger partial charge on any atom is 0.231 e. The Labute approximate surface area is 165 Å². The normalized spacial score (nSPS) is 14.1. The van der Waals surface area contributed by atoms with Gasteiger partial charge in [-0.15, -0.1) is 0 Å². The average molecular weight is 375 g/mol. The van der Waals surface area contributed by atoms with Crippen LogP contribution in [-0.2, 0) is 6.42 Å². The smallest absolute Gasteiger partial charge is 0.231 e. The van der Waals surface area contributed by atoms with Gasteiger partial charge in [0.1, 0.15) is 5.75 Å². The molecule has 1 aromatic carbocycles. The first kappa shape index (κ1) is 18.4. The number of carbonyl (C=O) groups is 1. The van der Waals surface area contributed by atoms with Crippen molar-refractivity contribution >= 4 is 22.5 Å². The fourth-order valence-corrected chi connectivity index (χ4v) is 3.66. The van der Waals surface area contributed by atoms with Crippen LogP contribution in [0.2, 0.25) is 0 Å². The number of carbonyl (C=O) groups excluding carboxylic acids is 1. The van der Waals surface area contributed by atoms with Crippen LogP contribution in [-0.4, -0.2) is 35.2 Å². The van der Waals surface area contributed by atoms with Crippen LogP contribution in [0, 0.1) is 0 Å². The molecule has 0 bridgehead atoms. The molecule has 1 aliphatic rings. The quantitative estimate of drug-likeness (QED) is 0.705. The summed E-state index contributed by atoms with van der Waals surface area (Å²) in [5, 5.41) is 3.33. The molecule has 0 amide bonds. The van der Waals surface area contributed by atoms with Crippen molar-refractivity contribution in [1.82, 2.24) is 14.9 Å². The highest BCUT2D eigenvalue weighted by molar-refractivity contribution is 5.97. The molecule has 0 unspecified atom stereocenters. The Balaban J connectivity index is 1.55. The van der Waals surface area contributed by atoms with Crippen molar-refractivity contribution in [3.8, 4) is 5.75 Å². The Morgan fingerprint density at radius 2 is 2.11 bits per heavy atom. The molecule has 0 radical (unpaired) electrons. The second-order valence-electron chi connectivity index (χ2n) is 6.94. The van der Waals surface area contributed by atoms with Crippen LogP contribution < -0.4 is 10.1 Å². The van der Waals surface area contributed by atoms with E-state index in [1.54, 1.807) is 10.8 Å². The van der Waals surface area contributed by atoms with E-state index in [4.69, 9.17) is 4.74 Å². The molecule has 144 valence electrons. The van der Waals surface area contributed by atoms with E-state index in [1.165, 1.54) is 5.57 Å². The molecule has 4 rings (SSSR count). The second-order valence-corrected chi connectivity index (χ2v) is 6.94. The van der Waals surface area contributed by atoms with Crippen molar-refractivity contribution in [2.75, 3.05) is 19.7 Å². The molecule has 1 aliphatic heterocycles. The van der Waals surface area contributed by atoms with E-state index in [-0.39, 0.29) is 5.91 Å². The van der Waals surface area contributed by atoms with Gasteiger partial charge < -0.3 is 10.1 Å². The van der Waals surface area contributed by atoms with Gasteiger partial charge in [-0.2, -0.15) is 0 Å². The van der Waals surface area contributed by atoms with E-state index in [1.807, 2.05) is 49.5 Å². The summed E-state index contributed by atoms with van der Waals surface area (Å²) in [6.07, 6.45) is 8.06. The maximum atomic E-state index is 13.0. The summed E-state index contributed by atoms with van der Waals surface area (Å²) in [6, 6.07) is 11.8. The average Bonchev–Trinajstić information content (AvgIpc) is 3.14. The van der Waals surface area contributed by atoms with Crippen LogP contribution >= 0.6 is 0 Å². The lowest BCUT2D eigenvalue weighted by Gasteiger charge is -2.12. The zero-order valence-electron chi connectivity index (χ0n) is 16.1. The summed E-state index contributed by atoms with van der Waals surface area (Å²) in [4.78, 5) is 17.5. The molecular weight excluding hydrogens is 350 g/mol. The first-order chi connectivity index (χ1) is 13.8. The van der Waals surface area contributed by atoms with Gasteiger partial charge >= 0.3 is 0 Å². The number of rotatable bonds is 6. The van der Waals surface area contributed by atoms with E-state index in [2.05, 4.69) is 16.4 Å². The van der Waals surface area contributed by atoms with Crippen LogP contribution in [0.25, 0.3) is 16.6 Å². The first-order valence-corrected chi connectivity index (χ1v) is 9.87. The van der Waals surface area contributed by atoms with Crippen molar-refractivity contribution in [3.05, 3.63) is 66.0 Å². The molecule has 0 saturated heterocycles. The van der Waals surface area contributed by atoms with Crippen molar-refractivity contribution < 1.29 is 9.53 Å². The molecule has 0 saturated carbocycles. The molecule has 0 fully saturated rings. The van der Waals surface area contributed by atoms with Crippen LogP contribution in [0.15, 0.2) is 54.9 Å². The Morgan fingerprint density at radius 1 is 1.25 bits per heavy atom. The number of pyridine rings is 1. The third-order valence-corrected chi connectivity index (χ3v) is 5.10. The van der Waals surface area contributed by atoms with Crippen molar-refractivity contribution in [1.29, 1.82) is 0 Å². The van der Waals surface area contributed by atoms with Gasteiger partial charge in [-0.25, -0.2) is 0 Å². The van der Waals surface area contributed by atoms with Gasteiger partial charge in [-0.1, -0.05) is 18.2 Å². The Bertz CT molecular complexity index is 1000. The lowest BCUT2D eigenvalue weighted by atomic mass is 10.0. The third kappa shape index (κ3) is 3.85. The molecule has 0 atom stereocenters. The molecule has 3 aromatic rings. The number of ether oxygens (including phenoxy) is 1. The van der Waals surface area contributed by atoms with E-state index in [0.29, 0.717) is 19.4 Å². The Kier molecular flexibility index (Phi) is 5.53. The SMILES string of the molecule is CCOc1ccc(CCC(=O)n2cc(C3=CCNCC3)c3ncccc32)cc1. The molecule has 28 heavy (non-hydrogen) atoms. The molecule has 3 heterocycles. The minimum absolute atomic E-state index is 0.0904. The topological polar surface area (TPSA) is 56.1 Å². The Morgan fingerprint density at radius 3 is 2.86 bits per heavy atom. The lowest BCUT2D eigenvalue weighted by molar-refractivity contribution is 0.0908. The van der Waals surface area contributed by atoms with Crippen LogP contribution in [0.4, 0.5) is 0 Å². The van der Waals surface area contributed by atoms with E-state index in [9.17, 15) is 4.79 Å². The highest BCUT2D eigenvalue weighted by Gasteiger charge is 2.18. The van der Waals surface area contributed by atoms with Crippen molar-refractivity contribution in [3.63, 3.8) is 0 Å². The summed E-state index contributed by atoms with van der Waals surface area (Å²) in [7, 11) is 0. The van der Waals surface area contributed by atoms with Gasteiger partial charge in [0.2, 0.25) is 5.91 Å². The van der Waals surface area contributed by atoms with Crippen molar-refractivity contribution in [2.45, 2.75) is 26.2 Å². The van der Waals surface area contributed by atoms with Gasteiger partial charge in [-0.3, -0.25) is 14.3 Å². The summed E-state index contributed by atoms with van der Waals surface area (Å²) in [6.45, 7) is 4.44. The number of aromatic nitrogens is 2. The zero-order valence-corrected chi connectivity index (χ0v) is 16.1. The third-order valence-electron chi connectivity index (χ3n) is 5.10. The number of hydrogen-bond acceptors (Lipinski definition) is 4. The van der Waals surface area contributed by atoms with Gasteiger partial charge in [0.15, 0.2) is 0 Å². The fourth-order valence-electron chi connectivity index (χ4n) is 3.66. The van der Waals surface area contributed by atoms with Gasteiger partial charge in [0.25, 0.3) is 0 Å². The van der Waals surface area contributed by atoms with E-state index < -0.39 is 0 Å². The maximum absolute atomic E-state index is 13.0. The van der Waals surface area contributed by atoms with Crippen LogP contribution in [0.3, 0.4) is 0 Å². The monoisotopic (exact) mass is 375 g/mol. The number of benzene rings is 1. The highest BCUT2D eigenvalue weighted by Crippen LogP contribution is 2.28. The van der Waals surface area contributed by atoms with Gasteiger partial charge in [-0.05, 0) is 61.7 Å². The number of hydrogen-bond donors (Lipinski definition) is 1. The first-order valence-electron chi connectivity index (χ1n) is 9.87. The standard InChI is InChI=1S/C23H25N3O2/c1-2-28-19-8-5-17(6-9-19)7-10-22(27)26-16-20(18-11-14-24-15-12-18)23-21(26)4-3-13-25-23/h3-6,8-9,11,13,16,24H,2,7,10,12,14-15H2,1H3. The predicted octanol–water partition coefficient (Wildman–Crippen LogP) is 4.08. The largest absolute Gasteiger partial charge is 0.494 e. The molecular formula is C23H25N3O2. The van der Waals surface area contributed by atoms with Crippen LogP contribution in [0.1, 0.15) is 35.7 Å². The molecule has 2 aromatic heterocycles. The lowest BCUT2D eigenvalue weighted by Crippen LogP contribution is -2.20. The summed E-state index contributed by atoms with van der Waals surface area (Å²) in [5.41, 5.74) is 5.26. The summed E-state index contributed by atoms with van der Waals surface area (Å²) < 4.78 is 7.25. The van der Waals surface area contributed by atoms with Crippen molar-refractivity contribution in [2.24, 2.45) is 0 Å². The molecule has 1 N–H and O–H groups in total. The molecule has 0 spiro atoms. The summed E-state index contributed by atoms with van der Waals surface area (Å²) in [5.74, 6) is 0.951.